The number of benzene rings is 2. The van der Waals surface area contributed by atoms with Crippen LogP contribution in [0.2, 0.25) is 0 Å². The molecule has 1 spiro atoms. The first-order valence-corrected chi connectivity index (χ1v) is 22.7. The van der Waals surface area contributed by atoms with Crippen molar-refractivity contribution >= 4 is 44.2 Å². The first-order valence-electron chi connectivity index (χ1n) is 20.3. The van der Waals surface area contributed by atoms with E-state index in [1.165, 1.54) is 10.8 Å². The van der Waals surface area contributed by atoms with Crippen LogP contribution in [0.25, 0.3) is 11.0 Å². The molecule has 0 radical (unpaired) electrons. The molecule has 312 valence electrons. The summed E-state index contributed by atoms with van der Waals surface area (Å²) in [5, 5.41) is 68.2. The van der Waals surface area contributed by atoms with Crippen molar-refractivity contribution in [3.05, 3.63) is 74.7 Å². The second kappa shape index (κ2) is 14.6. The molecule has 4 aliphatic carbocycles. The van der Waals surface area contributed by atoms with E-state index in [9.17, 15) is 30.7 Å². The van der Waals surface area contributed by atoms with Gasteiger partial charge in [0.2, 0.25) is 5.43 Å². The number of hydrogen-bond acceptors (Lipinski definition) is 14. The fraction of sp³-hybridized carbons (Fsp3) is 0.571. The van der Waals surface area contributed by atoms with E-state index < -0.39 is 57.8 Å². The van der Waals surface area contributed by atoms with Gasteiger partial charge in [-0.1, -0.05) is 52.6 Å². The highest BCUT2D eigenvalue weighted by atomic mass is 33.1. The molecular weight excluding hydrogens is 785 g/mol. The highest BCUT2D eigenvalue weighted by Crippen LogP contribution is 2.66. The Balaban J connectivity index is 1.44. The predicted octanol–water partition coefficient (Wildman–Crippen LogP) is 4.90. The van der Waals surface area contributed by atoms with Crippen molar-refractivity contribution in [2.45, 2.75) is 130 Å². The Morgan fingerprint density at radius 2 is 1.74 bits per heavy atom. The van der Waals surface area contributed by atoms with Crippen LogP contribution in [0.5, 0.6) is 11.5 Å². The first kappa shape index (κ1) is 40.0. The minimum Gasteiger partial charge on any atom is -0.489 e. The van der Waals surface area contributed by atoms with Gasteiger partial charge in [-0.05, 0) is 88.5 Å². The van der Waals surface area contributed by atoms with Crippen LogP contribution in [-0.2, 0) is 5.60 Å². The molecule has 3 saturated carbocycles. The van der Waals surface area contributed by atoms with Gasteiger partial charge in [-0.3, -0.25) is 15.5 Å². The summed E-state index contributed by atoms with van der Waals surface area (Å²) >= 11 is 0. The zero-order valence-corrected chi connectivity index (χ0v) is 34.0. The van der Waals surface area contributed by atoms with Crippen LogP contribution in [0.15, 0.2) is 50.6 Å². The zero-order chi connectivity index (χ0) is 40.8. The van der Waals surface area contributed by atoms with Gasteiger partial charge in [0.1, 0.15) is 45.5 Å². The van der Waals surface area contributed by atoms with Crippen LogP contribution in [0.1, 0.15) is 123 Å². The van der Waals surface area contributed by atoms with E-state index in [-0.39, 0.29) is 57.3 Å². The molecule has 58 heavy (non-hydrogen) atoms. The van der Waals surface area contributed by atoms with Crippen LogP contribution in [0.4, 0.5) is 5.69 Å². The van der Waals surface area contributed by atoms with Gasteiger partial charge in [0.25, 0.3) is 0 Å². The summed E-state index contributed by atoms with van der Waals surface area (Å²) in [6.45, 7) is 1.17. The van der Waals surface area contributed by atoms with Gasteiger partial charge in [-0.2, -0.15) is 0 Å². The summed E-state index contributed by atoms with van der Waals surface area (Å²) in [7, 11) is 2.32. The molecule has 2 aromatic carbocycles. The van der Waals surface area contributed by atoms with Gasteiger partial charge in [0.05, 0.1) is 40.4 Å². The van der Waals surface area contributed by atoms with Crippen LogP contribution < -0.4 is 31.8 Å². The first-order chi connectivity index (χ1) is 27.8. The zero-order valence-electron chi connectivity index (χ0n) is 32.4. The second-order valence-corrected chi connectivity index (χ2v) is 19.8. The maximum atomic E-state index is 16.0. The molecular formula is C42H52N4O10S2. The van der Waals surface area contributed by atoms with E-state index in [4.69, 9.17) is 30.4 Å². The minimum absolute atomic E-state index is 0.00113. The number of allylic oxidation sites excluding steroid dienone is 1. The molecule has 0 saturated heterocycles. The van der Waals surface area contributed by atoms with Crippen molar-refractivity contribution in [3.8, 4) is 11.5 Å². The minimum atomic E-state index is -2.07. The maximum absolute atomic E-state index is 16.0. The SMILES string of the molecule is CC1(O)CCCC2c3c(c4c5oc6c(c(=O)c5c3OC3CCCC3)C(c3ccc(NO)cc3)C=CC6(O)C3(CCCC3)C(CO)(N=C(N)N)CSSC4C(O)O)OC21. The average molecular weight is 837 g/mol. The number of aliphatic hydroxyl groups excluding tert-OH is 2. The second-order valence-electron chi connectivity index (χ2n) is 17.3. The van der Waals surface area contributed by atoms with E-state index in [1.807, 2.05) is 0 Å². The van der Waals surface area contributed by atoms with E-state index in [0.29, 0.717) is 67.5 Å². The molecule has 2 bridgehead atoms. The molecule has 7 unspecified atom stereocenters. The van der Waals surface area contributed by atoms with Gasteiger partial charge < -0.3 is 50.9 Å². The summed E-state index contributed by atoms with van der Waals surface area (Å²) in [4.78, 5) is 20.8. The molecule has 16 heteroatoms. The van der Waals surface area contributed by atoms with Crippen molar-refractivity contribution in [3.63, 3.8) is 0 Å². The Hall–Kier alpha value is -3.48. The van der Waals surface area contributed by atoms with Gasteiger partial charge in [-0.15, -0.1) is 0 Å². The highest BCUT2D eigenvalue weighted by molar-refractivity contribution is 8.76. The predicted molar refractivity (Wildman–Crippen MR) is 221 cm³/mol. The quantitative estimate of drug-likeness (QED) is 0.0384. The normalized spacial score (nSPS) is 32.6. The number of nitrogens with one attached hydrogen (secondary N) is 1. The lowest BCUT2D eigenvalue weighted by atomic mass is 9.56. The summed E-state index contributed by atoms with van der Waals surface area (Å²) in [6, 6.07) is 6.91. The highest BCUT2D eigenvalue weighted by Gasteiger charge is 2.66. The number of guanidine groups is 1. The van der Waals surface area contributed by atoms with Crippen molar-refractivity contribution in [1.29, 1.82) is 0 Å². The Labute approximate surface area is 343 Å². The summed E-state index contributed by atoms with van der Waals surface area (Å²) in [6.07, 6.45) is 7.83. The number of nitrogens with zero attached hydrogens (tertiary/aromatic N) is 1. The lowest BCUT2D eigenvalue weighted by molar-refractivity contribution is -0.114. The maximum Gasteiger partial charge on any atom is 0.201 e. The summed E-state index contributed by atoms with van der Waals surface area (Å²) < 4.78 is 21.0. The monoisotopic (exact) mass is 836 g/mol. The van der Waals surface area contributed by atoms with E-state index in [2.05, 4.69) is 5.48 Å². The molecule has 2 aliphatic heterocycles. The van der Waals surface area contributed by atoms with Crippen LogP contribution in [0, 0.1) is 5.41 Å². The largest absolute Gasteiger partial charge is 0.489 e. The summed E-state index contributed by atoms with van der Waals surface area (Å²) in [5.41, 5.74) is 9.89. The average Bonchev–Trinajstić information content (AvgIpc) is 3.99. The van der Waals surface area contributed by atoms with Crippen molar-refractivity contribution in [1.82, 2.24) is 0 Å². The fourth-order valence-corrected chi connectivity index (χ4v) is 14.3. The van der Waals surface area contributed by atoms with Crippen LogP contribution >= 0.6 is 21.6 Å². The third-order valence-electron chi connectivity index (χ3n) is 14.0. The number of rotatable bonds is 7. The Bertz CT molecular complexity index is 2210. The molecule has 7 atom stereocenters. The molecule has 3 heterocycles. The number of aliphatic hydroxyl groups is 5. The van der Waals surface area contributed by atoms with Gasteiger partial charge in [0, 0.05) is 28.6 Å². The van der Waals surface area contributed by atoms with Crippen molar-refractivity contribution < 1.29 is 44.6 Å². The molecule has 14 nitrogen and oxygen atoms in total. The van der Waals surface area contributed by atoms with E-state index >= 15 is 4.79 Å². The van der Waals surface area contributed by atoms with E-state index in [1.54, 1.807) is 43.3 Å². The van der Waals surface area contributed by atoms with Gasteiger partial charge >= 0.3 is 0 Å². The molecule has 9 rings (SSSR count). The van der Waals surface area contributed by atoms with Gasteiger partial charge in [-0.25, -0.2) is 4.99 Å². The molecule has 0 amide bonds. The summed E-state index contributed by atoms with van der Waals surface area (Å²) in [5.74, 6) is -0.877. The third kappa shape index (κ3) is 5.84. The Morgan fingerprint density at radius 1 is 1.02 bits per heavy atom. The standard InChI is InChI=1S/C42H52N4O10S2/c1-39(51)15-6-9-25-27-31(54-23-7-2-3-8-23)28-30(48)26-24(21-10-12-22(46-53)13-11-21)14-18-42(52)36(26)56-33(28)29(32(27)55-35(25)39)34(37(49)50)58-57-20-41(19-47,45-38(43)44)40(42)16-4-5-17-40/h10-14,18,23-25,34-35,37,46-47,49-53H,2-9,15-17,19-20H2,1H3,(H4,43,44,45). The topological polar surface area (TPSA) is 246 Å². The molecule has 3 fully saturated rings. The van der Waals surface area contributed by atoms with Crippen LogP contribution in [-0.4, -0.2) is 78.7 Å². The Kier molecular flexibility index (Phi) is 10.1. The number of fused-ring (bicyclic) bond motifs is 5. The van der Waals surface area contributed by atoms with Crippen molar-refractivity contribution in [2.75, 3.05) is 17.8 Å². The van der Waals surface area contributed by atoms with Gasteiger partial charge in [0.15, 0.2) is 12.2 Å². The lowest BCUT2D eigenvalue weighted by Gasteiger charge is -2.54. The number of aliphatic imine (C=N–C) groups is 1. The molecule has 3 aromatic rings. The van der Waals surface area contributed by atoms with Crippen molar-refractivity contribution in [2.24, 2.45) is 21.9 Å². The lowest BCUT2D eigenvalue weighted by Crippen LogP contribution is -2.62. The third-order valence-corrected chi connectivity index (χ3v) is 16.8. The number of nitrogens with two attached hydrogens (primary N) is 2. The number of ether oxygens (including phenoxy) is 2. The smallest absolute Gasteiger partial charge is 0.201 e. The fourth-order valence-electron chi connectivity index (χ4n) is 11.3. The van der Waals surface area contributed by atoms with E-state index in [0.717, 1.165) is 36.5 Å². The molecule has 1 aromatic heterocycles. The number of anilines is 1. The number of hydrogen-bond donors (Lipinski definition) is 9. The molecule has 11 N–H and O–H groups in total. The molecule has 6 aliphatic rings. The van der Waals surface area contributed by atoms with Crippen LogP contribution in [0.3, 0.4) is 0 Å². The Morgan fingerprint density at radius 3 is 2.40 bits per heavy atom.